The van der Waals surface area contributed by atoms with Crippen molar-refractivity contribution in [2.45, 2.75) is 52.7 Å². The van der Waals surface area contributed by atoms with Crippen LogP contribution in [0.15, 0.2) is 30.5 Å². The predicted octanol–water partition coefficient (Wildman–Crippen LogP) is 3.52. The van der Waals surface area contributed by atoms with Gasteiger partial charge in [-0.1, -0.05) is 12.1 Å². The Morgan fingerprint density at radius 2 is 1.92 bits per heavy atom. The molecule has 0 aliphatic carbocycles. The molecule has 6 nitrogen and oxygen atoms in total. The molecule has 0 radical (unpaired) electrons. The molecular formula is C19H28N4O2. The Kier molecular flexibility index (Phi) is 5.72. The van der Waals surface area contributed by atoms with E-state index in [-0.39, 0.29) is 17.6 Å². The van der Waals surface area contributed by atoms with Gasteiger partial charge in [-0.05, 0) is 52.3 Å². The van der Waals surface area contributed by atoms with E-state index in [1.807, 2.05) is 49.0 Å². The van der Waals surface area contributed by atoms with Gasteiger partial charge in [0.2, 0.25) is 0 Å². The Labute approximate surface area is 149 Å². The van der Waals surface area contributed by atoms with Crippen molar-refractivity contribution < 1.29 is 9.53 Å². The first kappa shape index (κ1) is 18.8. The second kappa shape index (κ2) is 7.59. The fraction of sp³-hybridized carbons (Fsp3) is 0.474. The van der Waals surface area contributed by atoms with E-state index in [0.717, 1.165) is 22.6 Å². The summed E-state index contributed by atoms with van der Waals surface area (Å²) in [6.45, 7) is 10.7. The van der Waals surface area contributed by atoms with Gasteiger partial charge in [-0.3, -0.25) is 4.68 Å². The predicted molar refractivity (Wildman–Crippen MR) is 98.7 cm³/mol. The van der Waals surface area contributed by atoms with Crippen molar-refractivity contribution in [3.05, 3.63) is 47.3 Å². The molecule has 0 aliphatic heterocycles. The Morgan fingerprint density at radius 3 is 2.44 bits per heavy atom. The van der Waals surface area contributed by atoms with E-state index in [2.05, 4.69) is 36.5 Å². The Morgan fingerprint density at radius 1 is 1.28 bits per heavy atom. The number of nitrogens with zero attached hydrogens (tertiary/aromatic N) is 2. The molecule has 2 rings (SSSR count). The van der Waals surface area contributed by atoms with Crippen molar-refractivity contribution in [3.8, 4) is 5.75 Å². The maximum absolute atomic E-state index is 12.2. The van der Waals surface area contributed by atoms with Gasteiger partial charge in [0.25, 0.3) is 0 Å². The molecule has 2 aromatic rings. The van der Waals surface area contributed by atoms with E-state index < -0.39 is 0 Å². The fourth-order valence-corrected chi connectivity index (χ4v) is 2.49. The SMILES string of the molecule is COc1ccc(CNC(=O)N[C@@H](C)c2cn(C(C)(C)C)nc2C)cc1. The zero-order valence-corrected chi connectivity index (χ0v) is 15.9. The molecule has 1 aromatic heterocycles. The summed E-state index contributed by atoms with van der Waals surface area (Å²) in [5.41, 5.74) is 2.88. The van der Waals surface area contributed by atoms with E-state index in [4.69, 9.17) is 4.74 Å². The van der Waals surface area contributed by atoms with Crippen molar-refractivity contribution in [1.29, 1.82) is 0 Å². The molecule has 0 aliphatic rings. The highest BCUT2D eigenvalue weighted by Crippen LogP contribution is 2.21. The van der Waals surface area contributed by atoms with E-state index in [1.54, 1.807) is 7.11 Å². The minimum atomic E-state index is -0.203. The molecule has 2 amide bonds. The summed E-state index contributed by atoms with van der Waals surface area (Å²) < 4.78 is 7.06. The molecule has 1 atom stereocenters. The van der Waals surface area contributed by atoms with Crippen LogP contribution in [0.4, 0.5) is 4.79 Å². The van der Waals surface area contributed by atoms with Crippen LogP contribution in [0.3, 0.4) is 0 Å². The van der Waals surface area contributed by atoms with E-state index in [1.165, 1.54) is 0 Å². The summed E-state index contributed by atoms with van der Waals surface area (Å²) in [6.07, 6.45) is 2.00. The summed E-state index contributed by atoms with van der Waals surface area (Å²) in [4.78, 5) is 12.2. The van der Waals surface area contributed by atoms with Crippen molar-refractivity contribution in [1.82, 2.24) is 20.4 Å². The maximum Gasteiger partial charge on any atom is 0.315 e. The smallest absolute Gasteiger partial charge is 0.315 e. The third kappa shape index (κ3) is 4.98. The molecule has 0 bridgehead atoms. The zero-order valence-electron chi connectivity index (χ0n) is 15.9. The average Bonchev–Trinajstić information content (AvgIpc) is 2.95. The largest absolute Gasteiger partial charge is 0.497 e. The summed E-state index contributed by atoms with van der Waals surface area (Å²) in [5.74, 6) is 0.799. The van der Waals surface area contributed by atoms with Crippen LogP contribution < -0.4 is 15.4 Å². The van der Waals surface area contributed by atoms with Crippen LogP contribution >= 0.6 is 0 Å². The molecule has 1 heterocycles. The van der Waals surface area contributed by atoms with Gasteiger partial charge >= 0.3 is 6.03 Å². The number of aromatic nitrogens is 2. The number of rotatable bonds is 5. The van der Waals surface area contributed by atoms with Gasteiger partial charge in [-0.15, -0.1) is 0 Å². The highest BCUT2D eigenvalue weighted by atomic mass is 16.5. The number of methoxy groups -OCH3 is 1. The number of nitrogens with one attached hydrogen (secondary N) is 2. The quantitative estimate of drug-likeness (QED) is 0.872. The molecule has 0 unspecified atom stereocenters. The minimum Gasteiger partial charge on any atom is -0.497 e. The molecule has 136 valence electrons. The second-order valence-corrected chi connectivity index (χ2v) is 7.18. The first-order valence-electron chi connectivity index (χ1n) is 8.44. The van der Waals surface area contributed by atoms with Crippen molar-refractivity contribution in [2.75, 3.05) is 7.11 Å². The zero-order chi connectivity index (χ0) is 18.6. The van der Waals surface area contributed by atoms with Gasteiger partial charge in [0, 0.05) is 18.3 Å². The minimum absolute atomic E-state index is 0.0840. The molecule has 2 N–H and O–H groups in total. The lowest BCUT2D eigenvalue weighted by Gasteiger charge is -2.19. The van der Waals surface area contributed by atoms with Gasteiger partial charge < -0.3 is 15.4 Å². The lowest BCUT2D eigenvalue weighted by molar-refractivity contribution is 0.237. The van der Waals surface area contributed by atoms with Crippen LogP contribution in [0.5, 0.6) is 5.75 Å². The summed E-state index contributed by atoms with van der Waals surface area (Å²) in [7, 11) is 1.63. The number of aryl methyl sites for hydroxylation is 1. The number of hydrogen-bond donors (Lipinski definition) is 2. The summed E-state index contributed by atoms with van der Waals surface area (Å²) >= 11 is 0. The van der Waals surface area contributed by atoms with Crippen LogP contribution in [-0.2, 0) is 12.1 Å². The molecule has 0 fully saturated rings. The lowest BCUT2D eigenvalue weighted by Crippen LogP contribution is -2.36. The molecule has 1 aromatic carbocycles. The third-order valence-electron chi connectivity index (χ3n) is 4.05. The topological polar surface area (TPSA) is 68.2 Å². The summed E-state index contributed by atoms with van der Waals surface area (Å²) in [5, 5.41) is 10.4. The third-order valence-corrected chi connectivity index (χ3v) is 4.05. The Hall–Kier alpha value is -2.50. The van der Waals surface area contributed by atoms with Crippen LogP contribution in [0, 0.1) is 6.92 Å². The highest BCUT2D eigenvalue weighted by molar-refractivity contribution is 5.74. The van der Waals surface area contributed by atoms with Crippen molar-refractivity contribution in [3.63, 3.8) is 0 Å². The highest BCUT2D eigenvalue weighted by Gasteiger charge is 2.20. The monoisotopic (exact) mass is 344 g/mol. The normalized spacial score (nSPS) is 12.6. The van der Waals surface area contributed by atoms with Crippen LogP contribution in [0.2, 0.25) is 0 Å². The van der Waals surface area contributed by atoms with Gasteiger partial charge in [-0.2, -0.15) is 5.10 Å². The number of carbonyl (C=O) groups excluding carboxylic acids is 1. The standard InChI is InChI=1S/C19H28N4O2/c1-13(17-12-23(19(3,4)5)22-14(17)2)21-18(24)20-11-15-7-9-16(25-6)10-8-15/h7-10,12-13H,11H2,1-6H3,(H2,20,21,24)/t13-/m0/s1. The van der Waals surface area contributed by atoms with Gasteiger partial charge in [0.05, 0.1) is 24.4 Å². The first-order chi connectivity index (χ1) is 11.7. The van der Waals surface area contributed by atoms with E-state index in [0.29, 0.717) is 6.54 Å². The average molecular weight is 344 g/mol. The first-order valence-corrected chi connectivity index (χ1v) is 8.44. The number of ether oxygens (including phenoxy) is 1. The molecule has 0 saturated carbocycles. The van der Waals surface area contributed by atoms with E-state index >= 15 is 0 Å². The van der Waals surface area contributed by atoms with Crippen LogP contribution in [0.1, 0.15) is 50.6 Å². The Balaban J connectivity index is 1.92. The van der Waals surface area contributed by atoms with Crippen molar-refractivity contribution in [2.24, 2.45) is 0 Å². The van der Waals surface area contributed by atoms with Crippen LogP contribution in [0.25, 0.3) is 0 Å². The van der Waals surface area contributed by atoms with Crippen LogP contribution in [-0.4, -0.2) is 22.9 Å². The molecule has 6 heteroatoms. The maximum atomic E-state index is 12.2. The number of amides is 2. The number of urea groups is 1. The molecule has 0 spiro atoms. The molecule has 0 saturated heterocycles. The van der Waals surface area contributed by atoms with Gasteiger partial charge in [-0.25, -0.2) is 4.79 Å². The van der Waals surface area contributed by atoms with E-state index in [9.17, 15) is 4.79 Å². The summed E-state index contributed by atoms with van der Waals surface area (Å²) in [6, 6.07) is 7.29. The number of hydrogen-bond acceptors (Lipinski definition) is 3. The second-order valence-electron chi connectivity index (χ2n) is 7.18. The lowest BCUT2D eigenvalue weighted by atomic mass is 10.1. The Bertz CT molecular complexity index is 714. The number of benzene rings is 1. The van der Waals surface area contributed by atoms with Gasteiger partial charge in [0.1, 0.15) is 5.75 Å². The number of carbonyl (C=O) groups is 1. The fourth-order valence-electron chi connectivity index (χ4n) is 2.49. The van der Waals surface area contributed by atoms with Gasteiger partial charge in [0.15, 0.2) is 0 Å². The molecule has 25 heavy (non-hydrogen) atoms. The molecular weight excluding hydrogens is 316 g/mol. The van der Waals surface area contributed by atoms with Crippen molar-refractivity contribution >= 4 is 6.03 Å².